The van der Waals surface area contributed by atoms with Crippen molar-refractivity contribution in [2.75, 3.05) is 6.61 Å². The summed E-state index contributed by atoms with van der Waals surface area (Å²) in [6, 6.07) is 0. The molecule has 0 aromatic heterocycles. The monoisotopic (exact) mass is 208 g/mol. The second-order valence-corrected chi connectivity index (χ2v) is 2.30. The van der Waals surface area contributed by atoms with Crippen molar-refractivity contribution in [3.63, 3.8) is 0 Å². The first-order chi connectivity index (χ1) is 7.27. The molecule has 1 aliphatic rings. The van der Waals surface area contributed by atoms with Gasteiger partial charge in [0, 0.05) is 0 Å². The highest BCUT2D eigenvalue weighted by Gasteiger charge is 2.19. The van der Waals surface area contributed by atoms with E-state index in [0.29, 0.717) is 11.5 Å². The van der Waals surface area contributed by atoms with Gasteiger partial charge in [-0.3, -0.25) is 0 Å². The van der Waals surface area contributed by atoms with Gasteiger partial charge in [0.1, 0.15) is 0 Å². The van der Waals surface area contributed by atoms with Gasteiger partial charge >= 0.3 is 5.97 Å². The van der Waals surface area contributed by atoms with Crippen LogP contribution in [0.15, 0.2) is 49.0 Å². The maximum atomic E-state index is 10.8. The highest BCUT2D eigenvalue weighted by atomic mass is 16.6. The average molecular weight is 208 g/mol. The van der Waals surface area contributed by atoms with Gasteiger partial charge in [0.2, 0.25) is 0 Å². The number of hydrogen-bond acceptors (Lipinski definition) is 3. The van der Waals surface area contributed by atoms with E-state index in [1.54, 1.807) is 18.2 Å². The maximum Gasteiger partial charge on any atom is 0.349 e. The molecule has 1 heterocycles. The number of ether oxygens (including phenoxy) is 2. The SMILES string of the molecule is C=C/C=C1/OCC(=O)O/C1=C/C=C.CC. The lowest BCUT2D eigenvalue weighted by Crippen LogP contribution is -2.20. The summed E-state index contributed by atoms with van der Waals surface area (Å²) in [5.41, 5.74) is 0. The lowest BCUT2D eigenvalue weighted by atomic mass is 10.3. The van der Waals surface area contributed by atoms with Gasteiger partial charge in [0.15, 0.2) is 18.1 Å². The van der Waals surface area contributed by atoms with E-state index in [1.165, 1.54) is 6.08 Å². The number of carbonyl (C=O) groups is 1. The molecule has 0 spiro atoms. The first-order valence-electron chi connectivity index (χ1n) is 4.77. The fraction of sp³-hybridized carbons (Fsp3) is 0.250. The number of hydrogen-bond donors (Lipinski definition) is 0. The van der Waals surface area contributed by atoms with E-state index in [9.17, 15) is 4.79 Å². The molecule has 1 fully saturated rings. The van der Waals surface area contributed by atoms with E-state index in [-0.39, 0.29) is 6.61 Å². The van der Waals surface area contributed by atoms with Crippen LogP contribution in [0.1, 0.15) is 13.8 Å². The van der Waals surface area contributed by atoms with Crippen molar-refractivity contribution < 1.29 is 14.3 Å². The van der Waals surface area contributed by atoms with Gasteiger partial charge in [-0.15, -0.1) is 0 Å². The Morgan fingerprint density at radius 1 is 1.13 bits per heavy atom. The molecule has 1 aliphatic heterocycles. The minimum atomic E-state index is -0.408. The lowest BCUT2D eigenvalue weighted by molar-refractivity contribution is -0.147. The predicted molar refractivity (Wildman–Crippen MR) is 60.0 cm³/mol. The van der Waals surface area contributed by atoms with Crippen LogP contribution in [0, 0.1) is 0 Å². The molecule has 0 bridgehead atoms. The highest BCUT2D eigenvalue weighted by molar-refractivity contribution is 5.74. The summed E-state index contributed by atoms with van der Waals surface area (Å²) in [5.74, 6) is 0.454. The quantitative estimate of drug-likeness (QED) is 0.654. The van der Waals surface area contributed by atoms with Crippen LogP contribution in [0.2, 0.25) is 0 Å². The molecular weight excluding hydrogens is 192 g/mol. The number of esters is 1. The molecule has 0 atom stereocenters. The Balaban J connectivity index is 0.000000921. The average Bonchev–Trinajstić information content (AvgIpc) is 2.26. The van der Waals surface area contributed by atoms with E-state index < -0.39 is 5.97 Å². The molecule has 0 unspecified atom stereocenters. The van der Waals surface area contributed by atoms with E-state index in [4.69, 9.17) is 9.47 Å². The summed E-state index contributed by atoms with van der Waals surface area (Å²) in [5, 5.41) is 0. The smallest absolute Gasteiger partial charge is 0.349 e. The zero-order valence-corrected chi connectivity index (χ0v) is 9.16. The maximum absolute atomic E-state index is 10.8. The second-order valence-electron chi connectivity index (χ2n) is 2.30. The normalized spacial score (nSPS) is 19.7. The topological polar surface area (TPSA) is 35.5 Å². The molecule has 1 rings (SSSR count). The van der Waals surface area contributed by atoms with Gasteiger partial charge in [-0.2, -0.15) is 0 Å². The zero-order valence-electron chi connectivity index (χ0n) is 9.16. The van der Waals surface area contributed by atoms with Crippen molar-refractivity contribution in [3.05, 3.63) is 49.0 Å². The first kappa shape index (κ1) is 13.2. The number of allylic oxidation sites excluding steroid dienone is 4. The lowest BCUT2D eigenvalue weighted by Gasteiger charge is -2.17. The third-order valence-electron chi connectivity index (χ3n) is 1.35. The Kier molecular flexibility index (Phi) is 6.72. The second kappa shape index (κ2) is 7.62. The Morgan fingerprint density at radius 2 is 1.67 bits per heavy atom. The van der Waals surface area contributed by atoms with Crippen LogP contribution in [0.25, 0.3) is 0 Å². The van der Waals surface area contributed by atoms with Crippen LogP contribution in [-0.4, -0.2) is 12.6 Å². The molecule has 0 amide bonds. The van der Waals surface area contributed by atoms with Gasteiger partial charge in [-0.1, -0.05) is 39.2 Å². The molecule has 0 radical (unpaired) electrons. The van der Waals surface area contributed by atoms with Crippen molar-refractivity contribution in [1.82, 2.24) is 0 Å². The summed E-state index contributed by atoms with van der Waals surface area (Å²) < 4.78 is 10.00. The standard InChI is InChI=1S/C10H10O3.C2H6/c1-3-5-8-9(6-4-2)13-10(11)7-12-8;1-2/h3-6H,1-2,7H2;1-2H3/b8-5+,9-6+;. The first-order valence-corrected chi connectivity index (χ1v) is 4.77. The Hall–Kier alpha value is -1.77. The summed E-state index contributed by atoms with van der Waals surface area (Å²) >= 11 is 0. The molecule has 0 N–H and O–H groups in total. The molecule has 3 heteroatoms. The molecule has 0 aromatic rings. The van der Waals surface area contributed by atoms with Crippen LogP contribution in [0.4, 0.5) is 0 Å². The third-order valence-corrected chi connectivity index (χ3v) is 1.35. The molecule has 82 valence electrons. The van der Waals surface area contributed by atoms with Crippen molar-refractivity contribution >= 4 is 5.97 Å². The van der Waals surface area contributed by atoms with E-state index in [0.717, 1.165) is 0 Å². The van der Waals surface area contributed by atoms with E-state index in [1.807, 2.05) is 13.8 Å². The highest BCUT2D eigenvalue weighted by Crippen LogP contribution is 2.18. The Morgan fingerprint density at radius 3 is 2.20 bits per heavy atom. The van der Waals surface area contributed by atoms with Crippen LogP contribution in [0.3, 0.4) is 0 Å². The van der Waals surface area contributed by atoms with Crippen molar-refractivity contribution in [2.24, 2.45) is 0 Å². The largest absolute Gasteiger partial charge is 0.478 e. The van der Waals surface area contributed by atoms with Crippen molar-refractivity contribution in [2.45, 2.75) is 13.8 Å². The van der Waals surface area contributed by atoms with Crippen molar-refractivity contribution in [1.29, 1.82) is 0 Å². The van der Waals surface area contributed by atoms with Crippen LogP contribution < -0.4 is 0 Å². The van der Waals surface area contributed by atoms with Crippen LogP contribution >= 0.6 is 0 Å². The van der Waals surface area contributed by atoms with E-state index >= 15 is 0 Å². The zero-order chi connectivity index (χ0) is 11.7. The summed E-state index contributed by atoms with van der Waals surface area (Å²) in [4.78, 5) is 10.8. The summed E-state index contributed by atoms with van der Waals surface area (Å²) in [7, 11) is 0. The van der Waals surface area contributed by atoms with Crippen molar-refractivity contribution in [3.8, 4) is 0 Å². The van der Waals surface area contributed by atoms with Crippen LogP contribution in [0.5, 0.6) is 0 Å². The number of carbonyl (C=O) groups excluding carboxylic acids is 1. The van der Waals surface area contributed by atoms with Gasteiger partial charge in [-0.25, -0.2) is 4.79 Å². The summed E-state index contributed by atoms with van der Waals surface area (Å²) in [6.45, 7) is 11.0. The molecule has 1 saturated heterocycles. The minimum Gasteiger partial charge on any atom is -0.478 e. The Labute approximate surface area is 90.4 Å². The molecule has 3 nitrogen and oxygen atoms in total. The van der Waals surface area contributed by atoms with E-state index in [2.05, 4.69) is 13.2 Å². The van der Waals surface area contributed by atoms with Gasteiger partial charge in [0.05, 0.1) is 0 Å². The minimum absolute atomic E-state index is 0.0614. The predicted octanol–water partition coefficient (Wildman–Crippen LogP) is 2.73. The third kappa shape index (κ3) is 4.31. The number of cyclic esters (lactones) is 1. The molecule has 0 aliphatic carbocycles. The molecule has 0 saturated carbocycles. The van der Waals surface area contributed by atoms with Gasteiger partial charge in [-0.05, 0) is 12.2 Å². The Bertz CT molecular complexity index is 298. The molecule has 15 heavy (non-hydrogen) atoms. The number of rotatable bonds is 2. The fourth-order valence-corrected chi connectivity index (χ4v) is 0.871. The fourth-order valence-electron chi connectivity index (χ4n) is 0.871. The summed E-state index contributed by atoms with van der Waals surface area (Å²) in [6.07, 6.45) is 6.27. The van der Waals surface area contributed by atoms with Gasteiger partial charge in [0.25, 0.3) is 0 Å². The van der Waals surface area contributed by atoms with Crippen LogP contribution in [-0.2, 0) is 14.3 Å². The van der Waals surface area contributed by atoms with Gasteiger partial charge < -0.3 is 9.47 Å². The molecular formula is C12H16O3. The molecule has 0 aromatic carbocycles.